The molecule has 1 fully saturated rings. The van der Waals surface area contributed by atoms with Gasteiger partial charge < -0.3 is 4.90 Å². The van der Waals surface area contributed by atoms with Crippen LogP contribution in [0.3, 0.4) is 0 Å². The average Bonchev–Trinajstić information content (AvgIpc) is 2.99. The summed E-state index contributed by atoms with van der Waals surface area (Å²) in [6.45, 7) is 6.51. The highest BCUT2D eigenvalue weighted by molar-refractivity contribution is 5.87. The maximum atomic E-state index is 4.56. The molecule has 2 aromatic heterocycles. The molecule has 0 saturated carbocycles. The van der Waals surface area contributed by atoms with E-state index in [4.69, 9.17) is 0 Å². The Hall–Kier alpha value is -2.43. The van der Waals surface area contributed by atoms with Crippen molar-refractivity contribution in [3.05, 3.63) is 42.4 Å². The average molecular weight is 307 g/mol. The molecule has 0 amide bonds. The fourth-order valence-corrected chi connectivity index (χ4v) is 3.34. The molecule has 4 rings (SSSR count). The molecular formula is C18H21N5. The maximum absolute atomic E-state index is 4.56. The molecule has 0 spiro atoms. The van der Waals surface area contributed by atoms with Gasteiger partial charge in [-0.1, -0.05) is 24.6 Å². The van der Waals surface area contributed by atoms with Crippen LogP contribution in [-0.2, 0) is 0 Å². The van der Waals surface area contributed by atoms with Gasteiger partial charge in [0.1, 0.15) is 12.1 Å². The predicted molar refractivity (Wildman–Crippen MR) is 92.0 cm³/mol. The normalized spacial score (nSPS) is 18.5. The molecule has 1 aromatic carbocycles. The molecule has 1 saturated heterocycles. The Labute approximate surface area is 136 Å². The van der Waals surface area contributed by atoms with Crippen molar-refractivity contribution in [2.45, 2.75) is 26.7 Å². The van der Waals surface area contributed by atoms with Crippen molar-refractivity contribution in [3.63, 3.8) is 0 Å². The Bertz CT molecular complexity index is 821. The summed E-state index contributed by atoms with van der Waals surface area (Å²) in [5, 5.41) is 5.59. The quantitative estimate of drug-likeness (QED) is 0.728. The summed E-state index contributed by atoms with van der Waals surface area (Å²) in [6.07, 6.45) is 6.07. The molecule has 0 aliphatic carbocycles. The van der Waals surface area contributed by atoms with Gasteiger partial charge in [-0.3, -0.25) is 0 Å². The van der Waals surface area contributed by atoms with Gasteiger partial charge in [0.25, 0.3) is 0 Å². The number of hydrogen-bond acceptors (Lipinski definition) is 4. The molecular weight excluding hydrogens is 286 g/mol. The highest BCUT2D eigenvalue weighted by atomic mass is 15.3. The van der Waals surface area contributed by atoms with Crippen LogP contribution in [0.4, 0.5) is 5.82 Å². The van der Waals surface area contributed by atoms with E-state index in [1.807, 2.05) is 10.9 Å². The molecule has 5 heteroatoms. The van der Waals surface area contributed by atoms with Crippen molar-refractivity contribution < 1.29 is 0 Å². The van der Waals surface area contributed by atoms with Gasteiger partial charge in [-0.05, 0) is 37.8 Å². The molecule has 3 heterocycles. The molecule has 0 bridgehead atoms. The maximum Gasteiger partial charge on any atom is 0.168 e. The first-order chi connectivity index (χ1) is 11.2. The number of aromatic nitrogens is 4. The van der Waals surface area contributed by atoms with Crippen molar-refractivity contribution in [2.75, 3.05) is 18.0 Å². The van der Waals surface area contributed by atoms with Crippen LogP contribution in [0.5, 0.6) is 0 Å². The lowest BCUT2D eigenvalue weighted by Crippen LogP contribution is -2.34. The van der Waals surface area contributed by atoms with E-state index in [-0.39, 0.29) is 0 Å². The van der Waals surface area contributed by atoms with E-state index >= 15 is 0 Å². The third-order valence-electron chi connectivity index (χ3n) is 4.58. The van der Waals surface area contributed by atoms with Crippen LogP contribution in [0, 0.1) is 12.8 Å². The highest BCUT2D eigenvalue weighted by Crippen LogP contribution is 2.28. The number of nitrogens with zero attached hydrogens (tertiary/aromatic N) is 5. The zero-order valence-corrected chi connectivity index (χ0v) is 13.6. The highest BCUT2D eigenvalue weighted by Gasteiger charge is 2.21. The van der Waals surface area contributed by atoms with Crippen LogP contribution in [0.1, 0.15) is 25.3 Å². The van der Waals surface area contributed by atoms with Gasteiger partial charge in [0.05, 0.1) is 17.3 Å². The third kappa shape index (κ3) is 2.56. The largest absolute Gasteiger partial charge is 0.356 e. The summed E-state index contributed by atoms with van der Waals surface area (Å²) in [5.41, 5.74) is 3.14. The molecule has 0 unspecified atom stereocenters. The van der Waals surface area contributed by atoms with Gasteiger partial charge >= 0.3 is 0 Å². The van der Waals surface area contributed by atoms with Crippen LogP contribution in [0.25, 0.3) is 16.7 Å². The van der Waals surface area contributed by atoms with Crippen molar-refractivity contribution >= 4 is 16.9 Å². The van der Waals surface area contributed by atoms with Crippen molar-refractivity contribution in [1.82, 2.24) is 19.7 Å². The summed E-state index contributed by atoms with van der Waals surface area (Å²) in [4.78, 5) is 11.4. The number of hydrogen-bond donors (Lipinski definition) is 0. The number of aryl methyl sites for hydroxylation is 1. The van der Waals surface area contributed by atoms with Crippen molar-refractivity contribution in [3.8, 4) is 5.69 Å². The fraction of sp³-hybridized carbons (Fsp3) is 0.389. The SMILES string of the molecule is Cc1ccc(-n2ncc3c(N4CCC[C@@H](C)C4)ncnc32)cc1. The van der Waals surface area contributed by atoms with Crippen LogP contribution >= 0.6 is 0 Å². The smallest absolute Gasteiger partial charge is 0.168 e. The van der Waals surface area contributed by atoms with Crippen molar-refractivity contribution in [1.29, 1.82) is 0 Å². The molecule has 1 aliphatic heterocycles. The van der Waals surface area contributed by atoms with Crippen molar-refractivity contribution in [2.24, 2.45) is 5.92 Å². The summed E-state index contributed by atoms with van der Waals surface area (Å²) in [5.74, 6) is 1.72. The van der Waals surface area contributed by atoms with Crippen LogP contribution < -0.4 is 4.90 Å². The summed E-state index contributed by atoms with van der Waals surface area (Å²) >= 11 is 0. The Morgan fingerprint density at radius 2 is 1.96 bits per heavy atom. The number of piperidine rings is 1. The van der Waals surface area contributed by atoms with Crippen LogP contribution in [-0.4, -0.2) is 32.8 Å². The first kappa shape index (κ1) is 14.2. The van der Waals surface area contributed by atoms with E-state index < -0.39 is 0 Å². The molecule has 1 aliphatic rings. The second kappa shape index (κ2) is 5.65. The Balaban J connectivity index is 1.78. The van der Waals surface area contributed by atoms with Gasteiger partial charge in [0.2, 0.25) is 0 Å². The van der Waals surface area contributed by atoms with Crippen LogP contribution in [0.15, 0.2) is 36.8 Å². The van der Waals surface area contributed by atoms with E-state index in [1.54, 1.807) is 6.33 Å². The van der Waals surface area contributed by atoms with Gasteiger partial charge in [-0.2, -0.15) is 5.10 Å². The Morgan fingerprint density at radius 1 is 1.13 bits per heavy atom. The number of fused-ring (bicyclic) bond motifs is 1. The molecule has 23 heavy (non-hydrogen) atoms. The van der Waals surface area contributed by atoms with E-state index in [0.29, 0.717) is 5.92 Å². The van der Waals surface area contributed by atoms with Crippen LogP contribution in [0.2, 0.25) is 0 Å². The monoisotopic (exact) mass is 307 g/mol. The van der Waals surface area contributed by atoms with Gasteiger partial charge in [0, 0.05) is 13.1 Å². The lowest BCUT2D eigenvalue weighted by atomic mass is 10.0. The Morgan fingerprint density at radius 3 is 2.74 bits per heavy atom. The number of benzene rings is 1. The summed E-state index contributed by atoms with van der Waals surface area (Å²) < 4.78 is 1.90. The molecule has 3 aromatic rings. The zero-order chi connectivity index (χ0) is 15.8. The minimum Gasteiger partial charge on any atom is -0.356 e. The first-order valence-corrected chi connectivity index (χ1v) is 8.23. The molecule has 0 radical (unpaired) electrons. The standard InChI is InChI=1S/C18H21N5/c1-13-5-7-15(8-6-13)23-18-16(10-21-23)17(19-12-20-18)22-9-3-4-14(2)11-22/h5-8,10,12,14H,3-4,9,11H2,1-2H3/t14-/m1/s1. The lowest BCUT2D eigenvalue weighted by molar-refractivity contribution is 0.445. The van der Waals surface area contributed by atoms with Gasteiger partial charge in [-0.25, -0.2) is 14.6 Å². The first-order valence-electron chi connectivity index (χ1n) is 8.23. The summed E-state index contributed by atoms with van der Waals surface area (Å²) in [7, 11) is 0. The molecule has 1 atom stereocenters. The molecule has 0 N–H and O–H groups in total. The number of rotatable bonds is 2. The minimum absolute atomic E-state index is 0.709. The van der Waals surface area contributed by atoms with E-state index in [2.05, 4.69) is 58.1 Å². The predicted octanol–water partition coefficient (Wildman–Crippen LogP) is 3.36. The third-order valence-corrected chi connectivity index (χ3v) is 4.58. The second-order valence-corrected chi connectivity index (χ2v) is 6.52. The fourth-order valence-electron chi connectivity index (χ4n) is 3.34. The topological polar surface area (TPSA) is 46.8 Å². The molecule has 118 valence electrons. The lowest BCUT2D eigenvalue weighted by Gasteiger charge is -2.31. The second-order valence-electron chi connectivity index (χ2n) is 6.52. The van der Waals surface area contributed by atoms with E-state index in [1.165, 1.54) is 18.4 Å². The minimum atomic E-state index is 0.709. The zero-order valence-electron chi connectivity index (χ0n) is 13.6. The van der Waals surface area contributed by atoms with Gasteiger partial charge in [-0.15, -0.1) is 0 Å². The Kier molecular flexibility index (Phi) is 3.48. The van der Waals surface area contributed by atoms with E-state index in [9.17, 15) is 0 Å². The molecule has 5 nitrogen and oxygen atoms in total. The van der Waals surface area contributed by atoms with Gasteiger partial charge in [0.15, 0.2) is 5.65 Å². The number of anilines is 1. The van der Waals surface area contributed by atoms with E-state index in [0.717, 1.165) is 35.6 Å². The summed E-state index contributed by atoms with van der Waals surface area (Å²) in [6, 6.07) is 8.34.